The molecule has 0 aliphatic carbocycles. The van der Waals surface area contributed by atoms with Crippen molar-refractivity contribution >= 4 is 0 Å². The van der Waals surface area contributed by atoms with E-state index in [1.165, 1.54) is 37.3 Å². The molecular formula is C20H29N3O2+2. The van der Waals surface area contributed by atoms with Gasteiger partial charge in [0.05, 0.1) is 13.7 Å². The van der Waals surface area contributed by atoms with Gasteiger partial charge in [-0.25, -0.2) is 0 Å². The van der Waals surface area contributed by atoms with Crippen molar-refractivity contribution in [2.45, 2.75) is 20.0 Å². The number of quaternary nitrogens is 2. The average Bonchev–Trinajstić information content (AvgIpc) is 2.65. The van der Waals surface area contributed by atoms with E-state index in [4.69, 9.17) is 9.47 Å². The molecule has 1 fully saturated rings. The number of nitrogens with zero attached hydrogens (tertiary/aromatic N) is 1. The summed E-state index contributed by atoms with van der Waals surface area (Å²) in [5.41, 5.74) is 2.70. The summed E-state index contributed by atoms with van der Waals surface area (Å²) in [5, 5.41) is 0. The number of ether oxygens (including phenoxy) is 2. The Labute approximate surface area is 150 Å². The molecule has 0 amide bonds. The van der Waals surface area contributed by atoms with Crippen LogP contribution in [0, 0.1) is 0 Å². The summed E-state index contributed by atoms with van der Waals surface area (Å²) in [4.78, 5) is 7.41. The van der Waals surface area contributed by atoms with Crippen LogP contribution < -0.4 is 19.3 Å². The Bertz CT molecular complexity index is 655. The number of hydrogen-bond acceptors (Lipinski definition) is 3. The van der Waals surface area contributed by atoms with E-state index in [1.807, 2.05) is 25.4 Å². The van der Waals surface area contributed by atoms with E-state index >= 15 is 0 Å². The standard InChI is InChI=1S/C20H27N3O2/c1-3-25-20-14-18(4-5-19(20)24-2)16-23-12-10-22(11-13-23)15-17-6-8-21-9-7-17/h4-9,14H,3,10-13,15-16H2,1-2H3/p+2. The van der Waals surface area contributed by atoms with Crippen molar-refractivity contribution in [3.63, 3.8) is 0 Å². The third kappa shape index (κ3) is 4.94. The SMILES string of the molecule is CCOc1cc(C[NH+]2CC[NH+](Cc3ccncc3)CC2)ccc1OC. The summed E-state index contributed by atoms with van der Waals surface area (Å²) < 4.78 is 11.1. The molecule has 2 aromatic rings. The quantitative estimate of drug-likeness (QED) is 0.742. The Morgan fingerprint density at radius 2 is 1.52 bits per heavy atom. The number of benzene rings is 1. The van der Waals surface area contributed by atoms with E-state index in [2.05, 4.69) is 29.2 Å². The van der Waals surface area contributed by atoms with Crippen molar-refractivity contribution in [1.82, 2.24) is 4.98 Å². The zero-order chi connectivity index (χ0) is 17.5. The molecule has 2 N–H and O–H groups in total. The lowest BCUT2D eigenvalue weighted by molar-refractivity contribution is -1.02. The van der Waals surface area contributed by atoms with Crippen LogP contribution in [0.4, 0.5) is 0 Å². The zero-order valence-electron chi connectivity index (χ0n) is 15.3. The molecule has 134 valence electrons. The van der Waals surface area contributed by atoms with E-state index in [0.29, 0.717) is 6.61 Å². The fourth-order valence-electron chi connectivity index (χ4n) is 3.49. The van der Waals surface area contributed by atoms with Crippen LogP contribution in [0.15, 0.2) is 42.7 Å². The molecule has 1 aromatic heterocycles. The Morgan fingerprint density at radius 1 is 0.880 bits per heavy atom. The number of nitrogens with one attached hydrogen (secondary N) is 2. The normalized spacial score (nSPS) is 20.2. The van der Waals surface area contributed by atoms with Gasteiger partial charge in [-0.05, 0) is 37.3 Å². The van der Waals surface area contributed by atoms with Crippen molar-refractivity contribution in [3.05, 3.63) is 53.9 Å². The van der Waals surface area contributed by atoms with Crippen molar-refractivity contribution in [1.29, 1.82) is 0 Å². The summed E-state index contributed by atoms with van der Waals surface area (Å²) in [6.07, 6.45) is 3.77. The summed E-state index contributed by atoms with van der Waals surface area (Å²) in [6, 6.07) is 10.6. The van der Waals surface area contributed by atoms with Gasteiger partial charge in [0.1, 0.15) is 39.3 Å². The average molecular weight is 343 g/mol. The predicted octanol–water partition coefficient (Wildman–Crippen LogP) is -0.0275. The minimum absolute atomic E-state index is 0.656. The Balaban J connectivity index is 1.52. The molecule has 25 heavy (non-hydrogen) atoms. The minimum Gasteiger partial charge on any atom is -0.493 e. The lowest BCUT2D eigenvalue weighted by Crippen LogP contribution is -3.27. The molecule has 2 heterocycles. The molecule has 5 nitrogen and oxygen atoms in total. The number of rotatable bonds is 7. The molecule has 0 spiro atoms. The second-order valence-electron chi connectivity index (χ2n) is 6.63. The smallest absolute Gasteiger partial charge is 0.161 e. The van der Waals surface area contributed by atoms with Gasteiger partial charge in [-0.2, -0.15) is 0 Å². The van der Waals surface area contributed by atoms with E-state index in [1.54, 1.807) is 16.9 Å². The second-order valence-corrected chi connectivity index (χ2v) is 6.63. The lowest BCUT2D eigenvalue weighted by atomic mass is 10.1. The monoisotopic (exact) mass is 343 g/mol. The van der Waals surface area contributed by atoms with Crippen LogP contribution in [-0.2, 0) is 13.1 Å². The Hall–Kier alpha value is -2.11. The highest BCUT2D eigenvalue weighted by Gasteiger charge is 2.23. The third-order valence-electron chi connectivity index (χ3n) is 4.85. The molecule has 0 atom stereocenters. The van der Waals surface area contributed by atoms with Crippen molar-refractivity contribution in [3.8, 4) is 11.5 Å². The van der Waals surface area contributed by atoms with E-state index in [0.717, 1.165) is 24.6 Å². The molecule has 0 unspecified atom stereocenters. The molecule has 0 saturated carbocycles. The van der Waals surface area contributed by atoms with E-state index in [9.17, 15) is 0 Å². The number of pyridine rings is 1. The summed E-state index contributed by atoms with van der Waals surface area (Å²) in [6.45, 7) is 9.65. The first kappa shape index (κ1) is 17.7. The van der Waals surface area contributed by atoms with Gasteiger partial charge in [-0.1, -0.05) is 0 Å². The van der Waals surface area contributed by atoms with E-state index in [-0.39, 0.29) is 0 Å². The van der Waals surface area contributed by atoms with Gasteiger partial charge in [0.25, 0.3) is 0 Å². The van der Waals surface area contributed by atoms with Crippen molar-refractivity contribution in [2.24, 2.45) is 0 Å². The largest absolute Gasteiger partial charge is 0.493 e. The van der Waals surface area contributed by atoms with Crippen LogP contribution in [0.2, 0.25) is 0 Å². The molecule has 1 saturated heterocycles. The summed E-state index contributed by atoms with van der Waals surface area (Å²) in [5.74, 6) is 1.66. The summed E-state index contributed by atoms with van der Waals surface area (Å²) >= 11 is 0. The maximum absolute atomic E-state index is 5.70. The maximum Gasteiger partial charge on any atom is 0.161 e. The van der Waals surface area contributed by atoms with Crippen molar-refractivity contribution < 1.29 is 19.3 Å². The highest BCUT2D eigenvalue weighted by molar-refractivity contribution is 5.42. The van der Waals surface area contributed by atoms with Gasteiger partial charge >= 0.3 is 0 Å². The zero-order valence-corrected chi connectivity index (χ0v) is 15.3. The van der Waals surface area contributed by atoms with Crippen LogP contribution in [0.3, 0.4) is 0 Å². The first-order valence-electron chi connectivity index (χ1n) is 9.14. The van der Waals surface area contributed by atoms with Crippen molar-refractivity contribution in [2.75, 3.05) is 39.9 Å². The van der Waals surface area contributed by atoms with Crippen LogP contribution in [0.5, 0.6) is 11.5 Å². The molecule has 0 radical (unpaired) electrons. The number of piperazine rings is 1. The number of aromatic nitrogens is 1. The van der Waals surface area contributed by atoms with Crippen LogP contribution >= 0.6 is 0 Å². The van der Waals surface area contributed by atoms with Crippen LogP contribution in [0.1, 0.15) is 18.1 Å². The van der Waals surface area contributed by atoms with Gasteiger partial charge in [0.15, 0.2) is 11.5 Å². The molecule has 1 aromatic carbocycles. The fraction of sp³-hybridized carbons (Fsp3) is 0.450. The van der Waals surface area contributed by atoms with Gasteiger partial charge in [0, 0.05) is 23.5 Å². The first-order valence-corrected chi connectivity index (χ1v) is 9.14. The Kier molecular flexibility index (Phi) is 6.25. The third-order valence-corrected chi connectivity index (χ3v) is 4.85. The molecule has 0 bridgehead atoms. The van der Waals surface area contributed by atoms with Gasteiger partial charge in [0.2, 0.25) is 0 Å². The molecular weight excluding hydrogens is 314 g/mol. The van der Waals surface area contributed by atoms with Crippen LogP contribution in [0.25, 0.3) is 0 Å². The highest BCUT2D eigenvalue weighted by Crippen LogP contribution is 2.27. The summed E-state index contributed by atoms with van der Waals surface area (Å²) in [7, 11) is 1.69. The second kappa shape index (κ2) is 8.83. The van der Waals surface area contributed by atoms with E-state index < -0.39 is 0 Å². The minimum atomic E-state index is 0.656. The fourth-order valence-corrected chi connectivity index (χ4v) is 3.49. The highest BCUT2D eigenvalue weighted by atomic mass is 16.5. The van der Waals surface area contributed by atoms with Gasteiger partial charge in [-0.3, -0.25) is 4.98 Å². The molecule has 1 aliphatic heterocycles. The van der Waals surface area contributed by atoms with Gasteiger partial charge < -0.3 is 19.3 Å². The lowest BCUT2D eigenvalue weighted by Gasteiger charge is -2.30. The topological polar surface area (TPSA) is 40.2 Å². The Morgan fingerprint density at radius 3 is 2.12 bits per heavy atom. The number of hydrogen-bond donors (Lipinski definition) is 2. The molecule has 3 rings (SSSR count). The molecule has 1 aliphatic rings. The van der Waals surface area contributed by atoms with Crippen LogP contribution in [-0.4, -0.2) is 44.9 Å². The first-order chi connectivity index (χ1) is 12.3. The predicted molar refractivity (Wildman–Crippen MR) is 97.2 cm³/mol. The van der Waals surface area contributed by atoms with Gasteiger partial charge in [-0.15, -0.1) is 0 Å². The maximum atomic E-state index is 5.70. The number of methoxy groups -OCH3 is 1. The molecule has 5 heteroatoms.